The number of piperidine rings is 1. The Labute approximate surface area is 105 Å². The van der Waals surface area contributed by atoms with Crippen LogP contribution >= 0.6 is 0 Å². The first-order chi connectivity index (χ1) is 8.72. The summed E-state index contributed by atoms with van der Waals surface area (Å²) in [5, 5.41) is 7.18. The first kappa shape index (κ1) is 11.2. The van der Waals surface area contributed by atoms with Crippen molar-refractivity contribution in [1.29, 1.82) is 0 Å². The minimum Gasteiger partial charge on any atom is -0.340 e. The molecule has 7 nitrogen and oxygen atoms in total. The number of nitrogens with one attached hydrogen (secondary N) is 1. The Bertz CT molecular complexity index is 521. The molecule has 0 radical (unpaired) electrons. The van der Waals surface area contributed by atoms with Crippen LogP contribution in [0.15, 0.2) is 12.5 Å². The molecule has 0 saturated carbocycles. The molecule has 1 aliphatic rings. The van der Waals surface area contributed by atoms with Gasteiger partial charge in [-0.3, -0.25) is 5.10 Å². The van der Waals surface area contributed by atoms with Crippen LogP contribution < -0.4 is 10.6 Å². The van der Waals surface area contributed by atoms with Gasteiger partial charge in [0.25, 0.3) is 0 Å². The number of aromatic nitrogens is 5. The number of nitrogens with zero attached hydrogens (tertiary/aromatic N) is 5. The molecule has 18 heavy (non-hydrogen) atoms. The van der Waals surface area contributed by atoms with E-state index in [1.54, 1.807) is 6.33 Å². The number of aryl methyl sites for hydroxylation is 1. The summed E-state index contributed by atoms with van der Waals surface area (Å²) in [4.78, 5) is 10.9. The van der Waals surface area contributed by atoms with Crippen molar-refractivity contribution in [3.05, 3.63) is 12.5 Å². The maximum atomic E-state index is 5.89. The van der Waals surface area contributed by atoms with E-state index in [0.717, 1.165) is 37.6 Å². The molecule has 3 heterocycles. The Morgan fingerprint density at radius 1 is 1.39 bits per heavy atom. The third-order valence-electron chi connectivity index (χ3n) is 3.24. The van der Waals surface area contributed by atoms with Gasteiger partial charge in [0, 0.05) is 32.4 Å². The minimum atomic E-state index is 0.315. The summed E-state index contributed by atoms with van der Waals surface area (Å²) in [5.41, 5.74) is 6.70. The zero-order valence-electron chi connectivity index (χ0n) is 10.4. The molecule has 0 aliphatic carbocycles. The minimum absolute atomic E-state index is 0.315. The van der Waals surface area contributed by atoms with Gasteiger partial charge in [0.05, 0.1) is 6.33 Å². The SMILES string of the molecule is Cn1cnc(-c2nc(N3CCC(N)CC3)n[nH]2)c1. The first-order valence-corrected chi connectivity index (χ1v) is 6.13. The summed E-state index contributed by atoms with van der Waals surface area (Å²) in [5.74, 6) is 1.45. The zero-order valence-corrected chi connectivity index (χ0v) is 10.4. The van der Waals surface area contributed by atoms with Gasteiger partial charge in [0.15, 0.2) is 5.82 Å². The van der Waals surface area contributed by atoms with Gasteiger partial charge in [-0.15, -0.1) is 5.10 Å². The summed E-state index contributed by atoms with van der Waals surface area (Å²) in [7, 11) is 1.93. The van der Waals surface area contributed by atoms with Gasteiger partial charge in [-0.25, -0.2) is 4.98 Å². The largest absolute Gasteiger partial charge is 0.340 e. The van der Waals surface area contributed by atoms with Crippen molar-refractivity contribution in [1.82, 2.24) is 24.7 Å². The van der Waals surface area contributed by atoms with E-state index in [2.05, 4.69) is 25.1 Å². The average molecular weight is 247 g/mol. The maximum absolute atomic E-state index is 5.89. The highest BCUT2D eigenvalue weighted by Gasteiger charge is 2.20. The monoisotopic (exact) mass is 247 g/mol. The molecule has 0 bridgehead atoms. The molecule has 7 heteroatoms. The van der Waals surface area contributed by atoms with Gasteiger partial charge in [-0.05, 0) is 12.8 Å². The van der Waals surface area contributed by atoms with Crippen molar-refractivity contribution >= 4 is 5.95 Å². The average Bonchev–Trinajstić information content (AvgIpc) is 2.98. The molecule has 3 N–H and O–H groups in total. The molecule has 1 aliphatic heterocycles. The molecule has 0 atom stereocenters. The van der Waals surface area contributed by atoms with Crippen molar-refractivity contribution in [2.24, 2.45) is 12.8 Å². The second-order valence-electron chi connectivity index (χ2n) is 4.73. The van der Waals surface area contributed by atoms with Crippen LogP contribution in [0.2, 0.25) is 0 Å². The van der Waals surface area contributed by atoms with E-state index in [9.17, 15) is 0 Å². The van der Waals surface area contributed by atoms with Crippen LogP contribution in [-0.4, -0.2) is 43.9 Å². The number of H-pyrrole nitrogens is 1. The molecule has 2 aromatic heterocycles. The molecule has 0 amide bonds. The lowest BCUT2D eigenvalue weighted by atomic mass is 10.1. The van der Waals surface area contributed by atoms with E-state index in [-0.39, 0.29) is 0 Å². The summed E-state index contributed by atoms with van der Waals surface area (Å²) >= 11 is 0. The second kappa shape index (κ2) is 4.41. The first-order valence-electron chi connectivity index (χ1n) is 6.13. The van der Waals surface area contributed by atoms with Crippen LogP contribution in [0.25, 0.3) is 11.5 Å². The van der Waals surface area contributed by atoms with Crippen LogP contribution in [0.3, 0.4) is 0 Å². The number of nitrogens with two attached hydrogens (primary N) is 1. The quantitative estimate of drug-likeness (QED) is 0.787. The highest BCUT2D eigenvalue weighted by atomic mass is 15.4. The van der Waals surface area contributed by atoms with E-state index in [4.69, 9.17) is 5.73 Å². The van der Waals surface area contributed by atoms with Crippen molar-refractivity contribution in [2.75, 3.05) is 18.0 Å². The molecule has 2 aromatic rings. The number of rotatable bonds is 2. The van der Waals surface area contributed by atoms with Crippen LogP contribution in [0.1, 0.15) is 12.8 Å². The molecule has 3 rings (SSSR count). The number of hydrogen-bond donors (Lipinski definition) is 2. The van der Waals surface area contributed by atoms with Crippen molar-refractivity contribution in [3.8, 4) is 11.5 Å². The van der Waals surface area contributed by atoms with Crippen molar-refractivity contribution in [3.63, 3.8) is 0 Å². The van der Waals surface area contributed by atoms with Gasteiger partial charge < -0.3 is 15.2 Å². The molecule has 96 valence electrons. The smallest absolute Gasteiger partial charge is 0.245 e. The highest BCUT2D eigenvalue weighted by molar-refractivity contribution is 5.50. The fourth-order valence-corrected chi connectivity index (χ4v) is 2.14. The molecule has 1 saturated heterocycles. The lowest BCUT2D eigenvalue weighted by molar-refractivity contribution is 0.496. The topological polar surface area (TPSA) is 88.7 Å². The lowest BCUT2D eigenvalue weighted by Gasteiger charge is -2.28. The summed E-state index contributed by atoms with van der Waals surface area (Å²) in [6.45, 7) is 1.83. The Morgan fingerprint density at radius 2 is 2.17 bits per heavy atom. The molecular formula is C11H17N7. The summed E-state index contributed by atoms with van der Waals surface area (Å²) in [6.07, 6.45) is 5.65. The van der Waals surface area contributed by atoms with Crippen LogP contribution in [0, 0.1) is 0 Å². The molecule has 0 aromatic carbocycles. The van der Waals surface area contributed by atoms with Crippen molar-refractivity contribution in [2.45, 2.75) is 18.9 Å². The van der Waals surface area contributed by atoms with Crippen LogP contribution in [-0.2, 0) is 7.05 Å². The highest BCUT2D eigenvalue weighted by Crippen LogP contribution is 2.18. The Balaban J connectivity index is 1.77. The van der Waals surface area contributed by atoms with Gasteiger partial charge >= 0.3 is 0 Å². The van der Waals surface area contributed by atoms with Gasteiger partial charge in [-0.1, -0.05) is 0 Å². The standard InChI is InChI=1S/C11H17N7/c1-17-6-9(13-7-17)10-14-11(16-15-10)18-4-2-8(12)3-5-18/h6-8H,2-5,12H2,1H3,(H,14,15,16). The molecule has 0 unspecified atom stereocenters. The zero-order chi connectivity index (χ0) is 12.5. The van der Waals surface area contributed by atoms with Crippen LogP contribution in [0.4, 0.5) is 5.95 Å². The van der Waals surface area contributed by atoms with E-state index in [1.807, 2.05) is 17.8 Å². The van der Waals surface area contributed by atoms with Crippen LogP contribution in [0.5, 0.6) is 0 Å². The summed E-state index contributed by atoms with van der Waals surface area (Å²) < 4.78 is 1.89. The maximum Gasteiger partial charge on any atom is 0.245 e. The lowest BCUT2D eigenvalue weighted by Crippen LogP contribution is -2.40. The molecule has 0 spiro atoms. The van der Waals surface area contributed by atoms with Gasteiger partial charge in [0.1, 0.15) is 5.69 Å². The Hall–Kier alpha value is -1.89. The van der Waals surface area contributed by atoms with E-state index >= 15 is 0 Å². The Kier molecular flexibility index (Phi) is 2.75. The third-order valence-corrected chi connectivity index (χ3v) is 3.24. The fraction of sp³-hybridized carbons (Fsp3) is 0.545. The fourth-order valence-electron chi connectivity index (χ4n) is 2.14. The van der Waals surface area contributed by atoms with E-state index in [0.29, 0.717) is 11.9 Å². The van der Waals surface area contributed by atoms with E-state index in [1.165, 1.54) is 0 Å². The molecule has 1 fully saturated rings. The predicted molar refractivity (Wildman–Crippen MR) is 68.0 cm³/mol. The number of hydrogen-bond acceptors (Lipinski definition) is 5. The predicted octanol–water partition coefficient (Wildman–Crippen LogP) is 0.133. The van der Waals surface area contributed by atoms with E-state index < -0.39 is 0 Å². The normalized spacial score (nSPS) is 17.3. The molecular weight excluding hydrogens is 230 g/mol. The van der Waals surface area contributed by atoms with Gasteiger partial charge in [-0.2, -0.15) is 4.98 Å². The van der Waals surface area contributed by atoms with Crippen molar-refractivity contribution < 1.29 is 0 Å². The number of aromatic amines is 1. The number of imidazole rings is 1. The second-order valence-corrected chi connectivity index (χ2v) is 4.73. The Morgan fingerprint density at radius 3 is 2.83 bits per heavy atom. The van der Waals surface area contributed by atoms with Gasteiger partial charge in [0.2, 0.25) is 5.95 Å². The third kappa shape index (κ3) is 2.08. The summed E-state index contributed by atoms with van der Waals surface area (Å²) in [6, 6.07) is 0.315. The number of anilines is 1.